The molecule has 0 aromatic rings. The van der Waals surface area contributed by atoms with Crippen molar-refractivity contribution in [2.24, 2.45) is 5.92 Å². The van der Waals surface area contributed by atoms with Crippen LogP contribution in [0.25, 0.3) is 0 Å². The van der Waals surface area contributed by atoms with Crippen LogP contribution >= 0.6 is 0 Å². The largest absolute Gasteiger partial charge is 0.481 e. The summed E-state index contributed by atoms with van der Waals surface area (Å²) in [6, 6.07) is 0. The molecule has 0 bridgehead atoms. The van der Waals surface area contributed by atoms with Gasteiger partial charge in [-0.25, -0.2) is 0 Å². The maximum absolute atomic E-state index is 11.6. The monoisotopic (exact) mass is 229 g/mol. The summed E-state index contributed by atoms with van der Waals surface area (Å²) in [4.78, 5) is 23.8. The molecule has 92 valence electrons. The van der Waals surface area contributed by atoms with Gasteiger partial charge in [-0.05, 0) is 25.7 Å². The van der Waals surface area contributed by atoms with Crippen molar-refractivity contribution in [1.29, 1.82) is 0 Å². The van der Waals surface area contributed by atoms with E-state index in [-0.39, 0.29) is 18.9 Å². The lowest BCUT2D eigenvalue weighted by Crippen LogP contribution is -2.32. The molecule has 0 spiro atoms. The lowest BCUT2D eigenvalue weighted by atomic mass is 10.0. The second-order valence-corrected chi connectivity index (χ2v) is 4.06. The highest BCUT2D eigenvalue weighted by Gasteiger charge is 2.26. The molecule has 1 saturated heterocycles. The zero-order chi connectivity index (χ0) is 12.0. The van der Waals surface area contributed by atoms with E-state index in [1.54, 1.807) is 4.90 Å². The molecule has 1 atom stereocenters. The molecular formula is C11H19NO4. The lowest BCUT2D eigenvalue weighted by Gasteiger charge is -2.16. The van der Waals surface area contributed by atoms with Crippen LogP contribution in [0.4, 0.5) is 0 Å². The number of nitrogens with zero attached hydrogens (tertiary/aromatic N) is 1. The predicted octanol–water partition coefficient (Wildman–Crippen LogP) is 0.736. The van der Waals surface area contributed by atoms with Gasteiger partial charge in [0.15, 0.2) is 0 Å². The van der Waals surface area contributed by atoms with Crippen molar-refractivity contribution in [2.45, 2.75) is 26.2 Å². The number of carbonyl (C=O) groups is 2. The minimum Gasteiger partial charge on any atom is -0.481 e. The Morgan fingerprint density at radius 3 is 2.88 bits per heavy atom. The van der Waals surface area contributed by atoms with E-state index in [1.807, 2.05) is 6.92 Å². The third kappa shape index (κ3) is 4.18. The van der Waals surface area contributed by atoms with Gasteiger partial charge < -0.3 is 14.7 Å². The first-order valence-corrected chi connectivity index (χ1v) is 5.70. The molecule has 1 heterocycles. The number of rotatable bonds is 6. The van der Waals surface area contributed by atoms with Crippen LogP contribution in [0.3, 0.4) is 0 Å². The fourth-order valence-electron chi connectivity index (χ4n) is 1.90. The van der Waals surface area contributed by atoms with Crippen molar-refractivity contribution in [3.05, 3.63) is 0 Å². The third-order valence-corrected chi connectivity index (χ3v) is 2.83. The second-order valence-electron chi connectivity index (χ2n) is 4.06. The highest BCUT2D eigenvalue weighted by atomic mass is 16.5. The molecular weight excluding hydrogens is 210 g/mol. The summed E-state index contributed by atoms with van der Waals surface area (Å²) in [6.45, 7) is 3.95. The SMILES string of the molecule is CCOCC(=O)N1CCC(CCC(=O)O)C1. The zero-order valence-electron chi connectivity index (χ0n) is 9.65. The number of carbonyl (C=O) groups excluding carboxylic acids is 1. The zero-order valence-corrected chi connectivity index (χ0v) is 9.65. The minimum atomic E-state index is -0.765. The number of amides is 1. The molecule has 1 aliphatic rings. The fraction of sp³-hybridized carbons (Fsp3) is 0.818. The molecule has 5 nitrogen and oxygen atoms in total. The van der Waals surface area contributed by atoms with Gasteiger partial charge in [-0.1, -0.05) is 0 Å². The first-order chi connectivity index (χ1) is 7.63. The average Bonchev–Trinajstić information content (AvgIpc) is 2.71. The van der Waals surface area contributed by atoms with Crippen molar-refractivity contribution in [1.82, 2.24) is 4.90 Å². The second kappa shape index (κ2) is 6.48. The fourth-order valence-corrected chi connectivity index (χ4v) is 1.90. The molecule has 0 saturated carbocycles. The molecule has 16 heavy (non-hydrogen) atoms. The molecule has 5 heteroatoms. The quantitative estimate of drug-likeness (QED) is 0.729. The number of carboxylic acids is 1. The van der Waals surface area contributed by atoms with Crippen LogP contribution in [0, 0.1) is 5.92 Å². The summed E-state index contributed by atoms with van der Waals surface area (Å²) >= 11 is 0. The van der Waals surface area contributed by atoms with E-state index in [4.69, 9.17) is 9.84 Å². The van der Waals surface area contributed by atoms with Gasteiger partial charge in [0.1, 0.15) is 6.61 Å². The molecule has 1 rings (SSSR count). The van der Waals surface area contributed by atoms with Gasteiger partial charge in [0.2, 0.25) is 5.91 Å². The van der Waals surface area contributed by atoms with E-state index in [0.29, 0.717) is 25.5 Å². The molecule has 0 aliphatic carbocycles. The van der Waals surface area contributed by atoms with Crippen LogP contribution in [-0.2, 0) is 14.3 Å². The van der Waals surface area contributed by atoms with Crippen LogP contribution in [0.2, 0.25) is 0 Å². The van der Waals surface area contributed by atoms with E-state index in [9.17, 15) is 9.59 Å². The Morgan fingerprint density at radius 1 is 1.50 bits per heavy atom. The van der Waals surface area contributed by atoms with Crippen LogP contribution in [-0.4, -0.2) is 48.2 Å². The Labute approximate surface area is 95.4 Å². The Balaban J connectivity index is 2.23. The van der Waals surface area contributed by atoms with Gasteiger partial charge >= 0.3 is 5.97 Å². The molecule has 1 unspecified atom stereocenters. The van der Waals surface area contributed by atoms with Crippen molar-refractivity contribution in [3.63, 3.8) is 0 Å². The highest BCUT2D eigenvalue weighted by molar-refractivity contribution is 5.77. The number of carboxylic acid groups (broad SMARTS) is 1. The van der Waals surface area contributed by atoms with Crippen LogP contribution in [0.15, 0.2) is 0 Å². The summed E-state index contributed by atoms with van der Waals surface area (Å²) in [7, 11) is 0. The van der Waals surface area contributed by atoms with Crippen LogP contribution < -0.4 is 0 Å². The number of ether oxygens (including phenoxy) is 1. The Kier molecular flexibility index (Phi) is 5.25. The molecule has 1 amide bonds. The van der Waals surface area contributed by atoms with Crippen molar-refractivity contribution in [3.8, 4) is 0 Å². The Bertz CT molecular complexity index is 254. The predicted molar refractivity (Wildman–Crippen MR) is 58.0 cm³/mol. The van der Waals surface area contributed by atoms with Gasteiger partial charge in [-0.3, -0.25) is 9.59 Å². The minimum absolute atomic E-state index is 0.0136. The van der Waals surface area contributed by atoms with E-state index < -0.39 is 5.97 Å². The van der Waals surface area contributed by atoms with Crippen LogP contribution in [0.5, 0.6) is 0 Å². The van der Waals surface area contributed by atoms with E-state index in [0.717, 1.165) is 13.0 Å². The number of hydrogen-bond donors (Lipinski definition) is 1. The summed E-state index contributed by atoms with van der Waals surface area (Å²) in [5.41, 5.74) is 0. The topological polar surface area (TPSA) is 66.8 Å². The number of aliphatic carboxylic acids is 1. The van der Waals surface area contributed by atoms with Crippen molar-refractivity contribution in [2.75, 3.05) is 26.3 Å². The number of likely N-dealkylation sites (tertiary alicyclic amines) is 1. The molecule has 1 N–H and O–H groups in total. The van der Waals surface area contributed by atoms with E-state index in [1.165, 1.54) is 0 Å². The van der Waals surface area contributed by atoms with Gasteiger partial charge in [-0.15, -0.1) is 0 Å². The first-order valence-electron chi connectivity index (χ1n) is 5.70. The Morgan fingerprint density at radius 2 is 2.25 bits per heavy atom. The molecule has 0 aromatic carbocycles. The number of hydrogen-bond acceptors (Lipinski definition) is 3. The average molecular weight is 229 g/mol. The smallest absolute Gasteiger partial charge is 0.303 e. The Hall–Kier alpha value is -1.10. The summed E-state index contributed by atoms with van der Waals surface area (Å²) in [5, 5.41) is 8.56. The van der Waals surface area contributed by atoms with Crippen molar-refractivity contribution < 1.29 is 19.4 Å². The van der Waals surface area contributed by atoms with Gasteiger partial charge in [-0.2, -0.15) is 0 Å². The maximum Gasteiger partial charge on any atom is 0.303 e. The molecule has 0 aromatic heterocycles. The molecule has 1 aliphatic heterocycles. The third-order valence-electron chi connectivity index (χ3n) is 2.83. The molecule has 0 radical (unpaired) electrons. The van der Waals surface area contributed by atoms with Crippen molar-refractivity contribution >= 4 is 11.9 Å². The highest BCUT2D eigenvalue weighted by Crippen LogP contribution is 2.20. The van der Waals surface area contributed by atoms with E-state index in [2.05, 4.69) is 0 Å². The summed E-state index contributed by atoms with van der Waals surface area (Å²) in [6.07, 6.45) is 1.76. The standard InChI is InChI=1S/C11H19NO4/c1-2-16-8-10(13)12-6-5-9(7-12)3-4-11(14)15/h9H,2-8H2,1H3,(H,14,15). The summed E-state index contributed by atoms with van der Waals surface area (Å²) < 4.78 is 5.06. The normalized spacial score (nSPS) is 20.1. The van der Waals surface area contributed by atoms with Gasteiger partial charge in [0.05, 0.1) is 0 Å². The van der Waals surface area contributed by atoms with E-state index >= 15 is 0 Å². The van der Waals surface area contributed by atoms with Crippen LogP contribution in [0.1, 0.15) is 26.2 Å². The first kappa shape index (κ1) is 13.0. The molecule has 1 fully saturated rings. The lowest BCUT2D eigenvalue weighted by molar-refractivity contribution is -0.137. The maximum atomic E-state index is 11.6. The van der Waals surface area contributed by atoms with Gasteiger partial charge in [0, 0.05) is 26.1 Å². The summed E-state index contributed by atoms with van der Waals surface area (Å²) in [5.74, 6) is -0.416. The van der Waals surface area contributed by atoms with Gasteiger partial charge in [0.25, 0.3) is 0 Å².